The van der Waals surface area contributed by atoms with Gasteiger partial charge in [-0.1, -0.05) is 147 Å². The van der Waals surface area contributed by atoms with E-state index in [4.69, 9.17) is 4.74 Å². The number of ether oxygens (including phenoxy) is 1. The molecule has 0 N–H and O–H groups in total. The molecule has 1 aliphatic heterocycles. The predicted molar refractivity (Wildman–Crippen MR) is 201 cm³/mol. The van der Waals surface area contributed by atoms with Crippen molar-refractivity contribution >= 4 is 35.5 Å². The Morgan fingerprint density at radius 1 is 0.383 bits per heavy atom. The molecule has 0 radical (unpaired) electrons. The van der Waals surface area contributed by atoms with Crippen LogP contribution in [0.5, 0.6) is 11.5 Å². The van der Waals surface area contributed by atoms with Crippen molar-refractivity contribution in [2.45, 2.75) is 13.1 Å². The van der Waals surface area contributed by atoms with Crippen LogP contribution in [0.2, 0.25) is 13.1 Å². The highest BCUT2D eigenvalue weighted by molar-refractivity contribution is 7.01. The van der Waals surface area contributed by atoms with E-state index in [1.54, 1.807) is 0 Å². The summed E-state index contributed by atoms with van der Waals surface area (Å²) in [4.78, 5) is 2.33. The van der Waals surface area contributed by atoms with Crippen LogP contribution in [0, 0.1) is 0 Å². The van der Waals surface area contributed by atoms with E-state index < -0.39 is 8.07 Å². The lowest BCUT2D eigenvalue weighted by Gasteiger charge is -2.34. The maximum Gasteiger partial charge on any atom is 0.134 e. The van der Waals surface area contributed by atoms with Crippen molar-refractivity contribution in [3.8, 4) is 44.9 Å². The average Bonchev–Trinajstić information content (AvgIpc) is 3.13. The number of para-hydroxylation sites is 2. The molecule has 3 heteroatoms. The molecule has 2 nitrogen and oxygen atoms in total. The summed E-state index contributed by atoms with van der Waals surface area (Å²) in [6.45, 7) is 4.84. The van der Waals surface area contributed by atoms with Crippen LogP contribution in [-0.4, -0.2) is 8.07 Å². The van der Waals surface area contributed by atoms with Crippen LogP contribution in [0.1, 0.15) is 0 Å². The van der Waals surface area contributed by atoms with E-state index in [1.807, 2.05) is 0 Å². The minimum atomic E-state index is -1.90. The van der Waals surface area contributed by atoms with Gasteiger partial charge in [0.2, 0.25) is 0 Å². The molecule has 8 rings (SSSR count). The van der Waals surface area contributed by atoms with Crippen molar-refractivity contribution in [2.75, 3.05) is 4.90 Å². The van der Waals surface area contributed by atoms with Gasteiger partial charge in [-0.05, 0) is 80.7 Å². The maximum absolute atomic E-state index is 6.63. The largest absolute Gasteiger partial charge is 0.457 e. The molecule has 47 heavy (non-hydrogen) atoms. The molecule has 0 amide bonds. The summed E-state index contributed by atoms with van der Waals surface area (Å²) in [7, 11) is -1.90. The summed E-state index contributed by atoms with van der Waals surface area (Å²) in [5.74, 6) is 1.99. The Morgan fingerprint density at radius 2 is 0.809 bits per heavy atom. The molecule has 0 saturated heterocycles. The molecule has 1 aliphatic rings. The lowest BCUT2D eigenvalue weighted by molar-refractivity contribution is 0.488. The second kappa shape index (κ2) is 11.9. The number of anilines is 3. The second-order valence-corrected chi connectivity index (χ2v) is 16.9. The van der Waals surface area contributed by atoms with E-state index in [9.17, 15) is 0 Å². The van der Waals surface area contributed by atoms with Crippen LogP contribution in [0.3, 0.4) is 0 Å². The zero-order valence-corrected chi connectivity index (χ0v) is 27.6. The molecule has 7 aromatic rings. The highest BCUT2D eigenvalue weighted by Gasteiger charge is 2.37. The van der Waals surface area contributed by atoms with E-state index in [2.05, 4.69) is 194 Å². The predicted octanol–water partition coefficient (Wildman–Crippen LogP) is 11.1. The SMILES string of the molecule is C[Si]1(C)c2ccccc2Oc2c(-c3ccc(N(c4ccc(-c5ccccc5)cc4)c4ccc(-c5ccccc5)cc4)cc3)cccc21. The standard InChI is InChI=1S/C44H35NOSi/c1-47(2)42-18-10-9-17-41(42)46-44-40(16-11-19-43(44)47)36-24-30-39(31-25-36)45(37-26-20-34(21-27-37)32-12-5-3-6-13-32)38-28-22-35(23-29-38)33-14-7-4-8-15-33/h3-31H,1-2H3. The Kier molecular flexibility index (Phi) is 7.32. The summed E-state index contributed by atoms with van der Waals surface area (Å²) >= 11 is 0. The number of fused-ring (bicyclic) bond motifs is 2. The minimum absolute atomic E-state index is 0.991. The van der Waals surface area contributed by atoms with Gasteiger partial charge in [-0.3, -0.25) is 0 Å². The summed E-state index contributed by atoms with van der Waals surface area (Å²) in [5.41, 5.74) is 10.4. The first-order valence-electron chi connectivity index (χ1n) is 16.2. The fourth-order valence-electron chi connectivity index (χ4n) is 6.80. The van der Waals surface area contributed by atoms with Crippen LogP contribution < -0.4 is 20.0 Å². The number of hydrogen-bond donors (Lipinski definition) is 0. The van der Waals surface area contributed by atoms with Gasteiger partial charge in [0.05, 0.1) is 0 Å². The molecule has 0 unspecified atom stereocenters. The molecule has 0 atom stereocenters. The van der Waals surface area contributed by atoms with Crippen LogP contribution in [0.15, 0.2) is 176 Å². The average molecular weight is 622 g/mol. The summed E-state index contributed by atoms with van der Waals surface area (Å²) in [6, 6.07) is 62.9. The summed E-state index contributed by atoms with van der Waals surface area (Å²) in [5, 5.41) is 2.70. The van der Waals surface area contributed by atoms with E-state index in [0.29, 0.717) is 0 Å². The molecule has 0 aliphatic carbocycles. The first-order chi connectivity index (χ1) is 23.1. The Labute approximate surface area is 278 Å². The number of benzene rings is 7. The van der Waals surface area contributed by atoms with Crippen molar-refractivity contribution in [3.63, 3.8) is 0 Å². The summed E-state index contributed by atoms with van der Waals surface area (Å²) in [6.07, 6.45) is 0. The van der Waals surface area contributed by atoms with Crippen molar-refractivity contribution in [3.05, 3.63) is 176 Å². The normalized spacial score (nSPS) is 12.8. The number of nitrogens with zero attached hydrogens (tertiary/aromatic N) is 1. The third kappa shape index (κ3) is 5.35. The highest BCUT2D eigenvalue weighted by atomic mass is 28.3. The molecule has 226 valence electrons. The second-order valence-electron chi connectivity index (χ2n) is 12.6. The molecule has 0 aromatic heterocycles. The molecular weight excluding hydrogens is 587 g/mol. The summed E-state index contributed by atoms with van der Waals surface area (Å²) < 4.78 is 6.63. The highest BCUT2D eigenvalue weighted by Crippen LogP contribution is 2.40. The maximum atomic E-state index is 6.63. The number of hydrogen-bond acceptors (Lipinski definition) is 2. The zero-order chi connectivity index (χ0) is 31.8. The molecule has 0 bridgehead atoms. The van der Waals surface area contributed by atoms with E-state index in [1.165, 1.54) is 32.6 Å². The van der Waals surface area contributed by atoms with Crippen molar-refractivity contribution in [1.29, 1.82) is 0 Å². The van der Waals surface area contributed by atoms with Crippen molar-refractivity contribution in [1.82, 2.24) is 0 Å². The van der Waals surface area contributed by atoms with Gasteiger partial charge in [0, 0.05) is 22.6 Å². The molecular formula is C44H35NOSi. The van der Waals surface area contributed by atoms with Crippen molar-refractivity contribution < 1.29 is 4.74 Å². The van der Waals surface area contributed by atoms with Gasteiger partial charge in [0.1, 0.15) is 19.6 Å². The molecule has 0 saturated carbocycles. The van der Waals surface area contributed by atoms with Crippen LogP contribution in [0.25, 0.3) is 33.4 Å². The lowest BCUT2D eigenvalue weighted by Crippen LogP contribution is -2.56. The van der Waals surface area contributed by atoms with Gasteiger partial charge >= 0.3 is 0 Å². The molecule has 7 aromatic carbocycles. The van der Waals surface area contributed by atoms with E-state index >= 15 is 0 Å². The van der Waals surface area contributed by atoms with Crippen molar-refractivity contribution in [2.24, 2.45) is 0 Å². The Bertz CT molecular complexity index is 2070. The molecule has 1 heterocycles. The third-order valence-electron chi connectivity index (χ3n) is 9.36. The fourth-order valence-corrected chi connectivity index (χ4v) is 9.62. The number of rotatable bonds is 6. The van der Waals surface area contributed by atoms with Gasteiger partial charge < -0.3 is 9.64 Å². The first-order valence-corrected chi connectivity index (χ1v) is 19.2. The van der Waals surface area contributed by atoms with E-state index in [-0.39, 0.29) is 0 Å². The first kappa shape index (κ1) is 28.8. The Morgan fingerprint density at radius 3 is 1.34 bits per heavy atom. The lowest BCUT2D eigenvalue weighted by atomic mass is 10.0. The minimum Gasteiger partial charge on any atom is -0.457 e. The van der Waals surface area contributed by atoms with Gasteiger partial charge in [0.25, 0.3) is 0 Å². The fraction of sp³-hybridized carbons (Fsp3) is 0.0455. The van der Waals surface area contributed by atoms with Gasteiger partial charge in [0.15, 0.2) is 0 Å². The van der Waals surface area contributed by atoms with E-state index in [0.717, 1.165) is 39.7 Å². The van der Waals surface area contributed by atoms with Gasteiger partial charge in [-0.15, -0.1) is 0 Å². The Hall–Kier alpha value is -5.64. The monoisotopic (exact) mass is 621 g/mol. The third-order valence-corrected chi connectivity index (χ3v) is 12.9. The van der Waals surface area contributed by atoms with Crippen LogP contribution in [0.4, 0.5) is 17.1 Å². The van der Waals surface area contributed by atoms with Gasteiger partial charge in [-0.2, -0.15) is 0 Å². The topological polar surface area (TPSA) is 12.5 Å². The smallest absolute Gasteiger partial charge is 0.134 e. The quantitative estimate of drug-likeness (QED) is 0.171. The van der Waals surface area contributed by atoms with Crippen LogP contribution >= 0.6 is 0 Å². The Balaban J connectivity index is 1.18. The molecule has 0 fully saturated rings. The van der Waals surface area contributed by atoms with Gasteiger partial charge in [-0.25, -0.2) is 0 Å². The molecule has 0 spiro atoms. The zero-order valence-electron chi connectivity index (χ0n) is 26.6. The van der Waals surface area contributed by atoms with Crippen LogP contribution in [-0.2, 0) is 0 Å².